The Bertz CT molecular complexity index is 1310. The van der Waals surface area contributed by atoms with E-state index in [-0.39, 0.29) is 18.1 Å². The molecule has 1 aliphatic rings. The second kappa shape index (κ2) is 10.3. The lowest BCUT2D eigenvalue weighted by Gasteiger charge is -2.19. The molecule has 1 fully saturated rings. The van der Waals surface area contributed by atoms with Gasteiger partial charge >= 0.3 is 5.97 Å². The Kier molecular flexibility index (Phi) is 7.24. The molecule has 1 aliphatic heterocycles. The van der Waals surface area contributed by atoms with Gasteiger partial charge in [0.1, 0.15) is 18.4 Å². The molecule has 3 aromatic rings. The van der Waals surface area contributed by atoms with Gasteiger partial charge in [-0.15, -0.1) is 0 Å². The Morgan fingerprint density at radius 1 is 1.09 bits per heavy atom. The fourth-order valence-electron chi connectivity index (χ4n) is 3.63. The number of fused-ring (bicyclic) bond motifs is 1. The molecule has 34 heavy (non-hydrogen) atoms. The molecule has 3 aromatic carbocycles. The maximum absolute atomic E-state index is 13.1. The number of hydrogen-bond donors (Lipinski definition) is 0. The summed E-state index contributed by atoms with van der Waals surface area (Å²) in [4.78, 5) is 39.0. The number of carbonyl (C=O) groups excluding carboxylic acids is 3. The van der Waals surface area contributed by atoms with E-state index in [1.807, 2.05) is 54.6 Å². The van der Waals surface area contributed by atoms with E-state index in [4.69, 9.17) is 21.1 Å². The van der Waals surface area contributed by atoms with Crippen LogP contribution in [0.1, 0.15) is 25.0 Å². The molecule has 1 atom stereocenters. The van der Waals surface area contributed by atoms with Gasteiger partial charge in [-0.3, -0.25) is 14.5 Å². The predicted octanol–water partition coefficient (Wildman–Crippen LogP) is 6.06. The molecule has 0 bridgehead atoms. The Hall–Kier alpha value is -3.29. The van der Waals surface area contributed by atoms with Gasteiger partial charge in [0.15, 0.2) is 0 Å². The zero-order valence-corrected chi connectivity index (χ0v) is 20.2. The highest BCUT2D eigenvalue weighted by Gasteiger charge is 2.41. The van der Waals surface area contributed by atoms with Crippen LogP contribution < -0.4 is 4.74 Å². The average Bonchev–Trinajstić information content (AvgIpc) is 3.11. The maximum atomic E-state index is 13.1. The van der Waals surface area contributed by atoms with E-state index in [0.717, 1.165) is 33.0 Å². The van der Waals surface area contributed by atoms with E-state index >= 15 is 0 Å². The number of thioether (sulfide) groups is 1. The maximum Gasteiger partial charge on any atom is 0.329 e. The van der Waals surface area contributed by atoms with Crippen LogP contribution in [0, 0.1) is 0 Å². The highest BCUT2D eigenvalue weighted by Crippen LogP contribution is 2.38. The summed E-state index contributed by atoms with van der Waals surface area (Å²) in [7, 11) is 0. The quantitative estimate of drug-likeness (QED) is 0.293. The predicted molar refractivity (Wildman–Crippen MR) is 134 cm³/mol. The third kappa shape index (κ3) is 4.81. The van der Waals surface area contributed by atoms with E-state index in [1.165, 1.54) is 6.92 Å². The molecule has 4 rings (SSSR count). The molecular weight excluding hydrogens is 474 g/mol. The fraction of sp³-hybridized carbons (Fsp3) is 0.192. The molecule has 8 heteroatoms. The Balaban J connectivity index is 1.71. The Morgan fingerprint density at radius 2 is 1.82 bits per heavy atom. The molecule has 174 valence electrons. The monoisotopic (exact) mass is 495 g/mol. The molecule has 0 N–H and O–H groups in total. The van der Waals surface area contributed by atoms with Gasteiger partial charge in [-0.2, -0.15) is 0 Å². The van der Waals surface area contributed by atoms with Gasteiger partial charge in [-0.1, -0.05) is 60.1 Å². The summed E-state index contributed by atoms with van der Waals surface area (Å²) < 4.78 is 11.1. The highest BCUT2D eigenvalue weighted by atomic mass is 35.5. The van der Waals surface area contributed by atoms with Crippen molar-refractivity contribution in [1.29, 1.82) is 0 Å². The van der Waals surface area contributed by atoms with Crippen LogP contribution in [0.4, 0.5) is 4.79 Å². The van der Waals surface area contributed by atoms with E-state index in [0.29, 0.717) is 16.3 Å². The van der Waals surface area contributed by atoms with Crippen molar-refractivity contribution in [3.8, 4) is 5.75 Å². The molecule has 0 unspecified atom stereocenters. The van der Waals surface area contributed by atoms with Crippen molar-refractivity contribution in [3.05, 3.63) is 81.7 Å². The summed E-state index contributed by atoms with van der Waals surface area (Å²) in [5, 5.41) is 1.90. The zero-order chi connectivity index (χ0) is 24.2. The third-order valence-corrected chi connectivity index (χ3v) is 6.64. The van der Waals surface area contributed by atoms with Crippen LogP contribution in [0.3, 0.4) is 0 Å². The second-order valence-corrected chi connectivity index (χ2v) is 8.96. The fourth-order valence-corrected chi connectivity index (χ4v) is 4.71. The van der Waals surface area contributed by atoms with Gasteiger partial charge in [0.25, 0.3) is 11.1 Å². The molecule has 0 aromatic heterocycles. The number of esters is 1. The van der Waals surface area contributed by atoms with E-state index in [2.05, 4.69) is 0 Å². The van der Waals surface area contributed by atoms with Gasteiger partial charge in [-0.25, -0.2) is 4.79 Å². The van der Waals surface area contributed by atoms with Gasteiger partial charge < -0.3 is 9.47 Å². The third-order valence-electron chi connectivity index (χ3n) is 5.39. The first-order chi connectivity index (χ1) is 16.4. The molecule has 1 heterocycles. The minimum atomic E-state index is -1.01. The van der Waals surface area contributed by atoms with Crippen molar-refractivity contribution >= 4 is 57.3 Å². The van der Waals surface area contributed by atoms with Crippen molar-refractivity contribution in [2.24, 2.45) is 0 Å². The molecular formula is C26H22ClNO5S. The van der Waals surface area contributed by atoms with Gasteiger partial charge in [0.05, 0.1) is 11.5 Å². The molecule has 2 amide bonds. The first kappa shape index (κ1) is 23.9. The number of halogens is 1. The average molecular weight is 496 g/mol. The number of ether oxygens (including phenoxy) is 2. The number of carbonyl (C=O) groups is 3. The molecule has 0 aliphatic carbocycles. The lowest BCUT2D eigenvalue weighted by molar-refractivity contribution is -0.150. The van der Waals surface area contributed by atoms with Gasteiger partial charge in [0.2, 0.25) is 0 Å². The van der Waals surface area contributed by atoms with Crippen LogP contribution in [0.2, 0.25) is 5.02 Å². The van der Waals surface area contributed by atoms with E-state index in [9.17, 15) is 14.4 Å². The van der Waals surface area contributed by atoms with Crippen LogP contribution >= 0.6 is 23.4 Å². The lowest BCUT2D eigenvalue weighted by Crippen LogP contribution is -2.42. The molecule has 1 saturated heterocycles. The molecule has 0 spiro atoms. The summed E-state index contributed by atoms with van der Waals surface area (Å²) >= 11 is 7.06. The standard InChI is InChI=1S/C26H22ClNO5S/c1-3-32-25(30)16(2)28-24(29)23(34-26(28)31)14-20-19-10-6-4-8-17(19)12-13-22(20)33-15-18-9-5-7-11-21(18)27/h4-14,16H,3,15H2,1-2H3/b23-14+/t16-/m0/s1. The van der Waals surface area contributed by atoms with Crippen molar-refractivity contribution in [2.75, 3.05) is 6.61 Å². The first-order valence-electron chi connectivity index (χ1n) is 10.7. The molecule has 0 radical (unpaired) electrons. The zero-order valence-electron chi connectivity index (χ0n) is 18.6. The minimum Gasteiger partial charge on any atom is -0.488 e. The van der Waals surface area contributed by atoms with Crippen LogP contribution in [0.25, 0.3) is 16.8 Å². The number of nitrogens with zero attached hydrogens (tertiary/aromatic N) is 1. The van der Waals surface area contributed by atoms with Crippen LogP contribution in [0.15, 0.2) is 65.6 Å². The number of benzene rings is 3. The summed E-state index contributed by atoms with van der Waals surface area (Å²) in [5.74, 6) is -0.621. The topological polar surface area (TPSA) is 72.9 Å². The number of hydrogen-bond acceptors (Lipinski definition) is 6. The van der Waals surface area contributed by atoms with Crippen molar-refractivity contribution in [2.45, 2.75) is 26.5 Å². The van der Waals surface area contributed by atoms with E-state index < -0.39 is 23.2 Å². The molecule has 0 saturated carbocycles. The number of rotatable bonds is 7. The van der Waals surface area contributed by atoms with Crippen molar-refractivity contribution < 1.29 is 23.9 Å². The highest BCUT2D eigenvalue weighted by molar-refractivity contribution is 8.18. The van der Waals surface area contributed by atoms with Crippen LogP contribution in [-0.2, 0) is 20.9 Å². The van der Waals surface area contributed by atoms with E-state index in [1.54, 1.807) is 19.1 Å². The van der Waals surface area contributed by atoms with Gasteiger partial charge in [-0.05, 0) is 54.6 Å². The van der Waals surface area contributed by atoms with Crippen LogP contribution in [0.5, 0.6) is 5.75 Å². The smallest absolute Gasteiger partial charge is 0.329 e. The van der Waals surface area contributed by atoms with Gasteiger partial charge in [0, 0.05) is 16.1 Å². The number of amides is 2. The molecule has 6 nitrogen and oxygen atoms in total. The normalized spacial score (nSPS) is 15.7. The first-order valence-corrected chi connectivity index (χ1v) is 11.9. The van der Waals surface area contributed by atoms with Crippen molar-refractivity contribution in [3.63, 3.8) is 0 Å². The van der Waals surface area contributed by atoms with Crippen molar-refractivity contribution in [1.82, 2.24) is 4.90 Å². The Morgan fingerprint density at radius 3 is 2.59 bits per heavy atom. The second-order valence-electron chi connectivity index (χ2n) is 7.56. The lowest BCUT2D eigenvalue weighted by atomic mass is 10.0. The summed E-state index contributed by atoms with van der Waals surface area (Å²) in [6.45, 7) is 3.55. The Labute approximate surface area is 206 Å². The summed E-state index contributed by atoms with van der Waals surface area (Å²) in [6, 6.07) is 17.9. The minimum absolute atomic E-state index is 0.164. The number of imide groups is 1. The van der Waals surface area contributed by atoms with Crippen LogP contribution in [-0.4, -0.2) is 34.7 Å². The largest absolute Gasteiger partial charge is 0.488 e. The SMILES string of the molecule is CCOC(=O)[C@H](C)N1C(=O)S/C(=C/c2c(OCc3ccccc3Cl)ccc3ccccc23)C1=O. The summed E-state index contributed by atoms with van der Waals surface area (Å²) in [6.07, 6.45) is 1.65. The summed E-state index contributed by atoms with van der Waals surface area (Å²) in [5.41, 5.74) is 1.49.